The van der Waals surface area contributed by atoms with E-state index in [0.29, 0.717) is 5.69 Å². The largest absolute Gasteiger partial charge is 0.335 e. The summed E-state index contributed by atoms with van der Waals surface area (Å²) in [6.45, 7) is 1.62. The number of rotatable bonds is 4. The van der Waals surface area contributed by atoms with Crippen LogP contribution in [0.4, 0.5) is 11.6 Å². The molecular formula is C11H9N3O3S2. The molecule has 0 bridgehead atoms. The van der Waals surface area contributed by atoms with Crippen LogP contribution < -0.4 is 4.72 Å². The van der Waals surface area contributed by atoms with Crippen molar-refractivity contribution in [3.63, 3.8) is 0 Å². The summed E-state index contributed by atoms with van der Waals surface area (Å²) in [4.78, 5) is 3.84. The zero-order valence-corrected chi connectivity index (χ0v) is 11.5. The summed E-state index contributed by atoms with van der Waals surface area (Å²) in [5.74, 6) is -0.0845. The van der Waals surface area contributed by atoms with E-state index in [4.69, 9.17) is 4.52 Å². The van der Waals surface area contributed by atoms with Gasteiger partial charge in [-0.1, -0.05) is 23.4 Å². The molecule has 0 atom stereocenters. The van der Waals surface area contributed by atoms with E-state index in [9.17, 15) is 8.42 Å². The van der Waals surface area contributed by atoms with E-state index in [-0.39, 0.29) is 16.5 Å². The number of thiocarbonyl (C=S) groups is 1. The molecule has 6 nitrogen and oxygen atoms in total. The molecule has 19 heavy (non-hydrogen) atoms. The Bertz CT molecular complexity index is 732. The maximum atomic E-state index is 12.1. The molecule has 0 aliphatic carbocycles. The van der Waals surface area contributed by atoms with Gasteiger partial charge in [0.2, 0.25) is 0 Å². The predicted octanol–water partition coefficient (Wildman–Crippen LogP) is 2.52. The fourth-order valence-electron chi connectivity index (χ4n) is 1.39. The highest BCUT2D eigenvalue weighted by molar-refractivity contribution is 7.92. The Kier molecular flexibility index (Phi) is 3.75. The highest BCUT2D eigenvalue weighted by atomic mass is 32.2. The fourth-order valence-corrected chi connectivity index (χ4v) is 2.49. The van der Waals surface area contributed by atoms with Gasteiger partial charge in [-0.25, -0.2) is 13.1 Å². The molecule has 1 N–H and O–H groups in total. The van der Waals surface area contributed by atoms with Gasteiger partial charge in [0, 0.05) is 0 Å². The average Bonchev–Trinajstić information content (AvgIpc) is 2.73. The van der Waals surface area contributed by atoms with E-state index in [1.807, 2.05) is 0 Å². The number of nitrogens with one attached hydrogen (secondary N) is 1. The number of benzene rings is 1. The molecule has 0 saturated heterocycles. The lowest BCUT2D eigenvalue weighted by Gasteiger charge is -2.04. The molecule has 0 fully saturated rings. The van der Waals surface area contributed by atoms with Gasteiger partial charge in [0.05, 0.1) is 10.1 Å². The molecule has 0 unspecified atom stereocenters. The second kappa shape index (κ2) is 5.31. The predicted molar refractivity (Wildman–Crippen MR) is 73.2 cm³/mol. The number of anilines is 1. The molecule has 0 saturated carbocycles. The lowest BCUT2D eigenvalue weighted by atomic mass is 10.4. The van der Waals surface area contributed by atoms with Crippen molar-refractivity contribution in [2.24, 2.45) is 4.99 Å². The van der Waals surface area contributed by atoms with Crippen molar-refractivity contribution in [3.05, 3.63) is 36.0 Å². The molecular weight excluding hydrogens is 286 g/mol. The number of aromatic nitrogens is 1. The quantitative estimate of drug-likeness (QED) is 0.692. The maximum absolute atomic E-state index is 12.1. The van der Waals surface area contributed by atoms with Crippen LogP contribution in [0.25, 0.3) is 0 Å². The standard InChI is InChI=1S/C11H9N3O3S2/c1-8-10(12-7-18)11(17-13-8)14-19(15,16)9-5-3-2-4-6-9/h2-6,14H,1H3. The fraction of sp³-hybridized carbons (Fsp3) is 0.0909. The number of sulfonamides is 1. The Morgan fingerprint density at radius 2 is 2.05 bits per heavy atom. The van der Waals surface area contributed by atoms with Crippen molar-refractivity contribution in [2.75, 3.05) is 4.72 Å². The molecule has 2 rings (SSSR count). The molecule has 0 amide bonds. The van der Waals surface area contributed by atoms with Gasteiger partial charge in [-0.2, -0.15) is 4.99 Å². The van der Waals surface area contributed by atoms with Gasteiger partial charge in [-0.3, -0.25) is 0 Å². The zero-order chi connectivity index (χ0) is 13.9. The molecule has 98 valence electrons. The van der Waals surface area contributed by atoms with E-state index in [0.717, 1.165) is 0 Å². The highest BCUT2D eigenvalue weighted by Gasteiger charge is 2.20. The van der Waals surface area contributed by atoms with Gasteiger partial charge in [0.25, 0.3) is 15.9 Å². The SMILES string of the molecule is Cc1noc(NS(=O)(=O)c2ccccc2)c1N=C=S. The van der Waals surface area contributed by atoms with Gasteiger partial charge in [0.15, 0.2) is 5.69 Å². The molecule has 0 aliphatic rings. The summed E-state index contributed by atoms with van der Waals surface area (Å²) < 4.78 is 31.3. The summed E-state index contributed by atoms with van der Waals surface area (Å²) in [5.41, 5.74) is 0.637. The number of isothiocyanates is 1. The molecule has 1 aromatic heterocycles. The number of aryl methyl sites for hydroxylation is 1. The summed E-state index contributed by atoms with van der Waals surface area (Å²) in [7, 11) is -3.75. The van der Waals surface area contributed by atoms with Crippen LogP contribution >= 0.6 is 12.2 Å². The van der Waals surface area contributed by atoms with Crippen LogP contribution in [0.1, 0.15) is 5.69 Å². The molecule has 0 radical (unpaired) electrons. The Balaban J connectivity index is 2.39. The number of hydrogen-bond donors (Lipinski definition) is 1. The van der Waals surface area contributed by atoms with Crippen molar-refractivity contribution in [1.29, 1.82) is 0 Å². The molecule has 8 heteroatoms. The average molecular weight is 295 g/mol. The van der Waals surface area contributed by atoms with Gasteiger partial charge in [-0.05, 0) is 31.3 Å². The zero-order valence-electron chi connectivity index (χ0n) is 9.82. The van der Waals surface area contributed by atoms with Gasteiger partial charge in [0.1, 0.15) is 5.69 Å². The van der Waals surface area contributed by atoms with Crippen LogP contribution in [0, 0.1) is 6.92 Å². The van der Waals surface area contributed by atoms with E-state index in [1.54, 1.807) is 25.1 Å². The molecule has 2 aromatic rings. The van der Waals surface area contributed by atoms with E-state index in [1.165, 1.54) is 12.1 Å². The number of aliphatic imine (C=N–C) groups is 1. The topological polar surface area (TPSA) is 84.6 Å². The first-order valence-electron chi connectivity index (χ1n) is 5.16. The van der Waals surface area contributed by atoms with Crippen molar-refractivity contribution in [3.8, 4) is 0 Å². The molecule has 1 aromatic carbocycles. The second-order valence-electron chi connectivity index (χ2n) is 3.57. The monoisotopic (exact) mass is 295 g/mol. The van der Waals surface area contributed by atoms with Crippen LogP contribution in [0.5, 0.6) is 0 Å². The molecule has 0 spiro atoms. The maximum Gasteiger partial charge on any atom is 0.265 e. The smallest absolute Gasteiger partial charge is 0.265 e. The number of nitrogens with zero attached hydrogens (tertiary/aromatic N) is 2. The summed E-state index contributed by atoms with van der Waals surface area (Å²) in [6, 6.07) is 7.90. The molecule has 0 aliphatic heterocycles. The van der Waals surface area contributed by atoms with Crippen molar-refractivity contribution in [1.82, 2.24) is 5.16 Å². The van der Waals surface area contributed by atoms with Gasteiger partial charge >= 0.3 is 0 Å². The Labute approximate surface area is 115 Å². The third-order valence-electron chi connectivity index (χ3n) is 2.27. The number of hydrogen-bond acceptors (Lipinski definition) is 6. The van der Waals surface area contributed by atoms with E-state index in [2.05, 4.69) is 32.3 Å². The lowest BCUT2D eigenvalue weighted by molar-refractivity contribution is 0.430. The van der Waals surface area contributed by atoms with Crippen LogP contribution in [-0.2, 0) is 10.0 Å². The van der Waals surface area contributed by atoms with E-state index < -0.39 is 10.0 Å². The first-order valence-corrected chi connectivity index (χ1v) is 7.06. The van der Waals surface area contributed by atoms with E-state index >= 15 is 0 Å². The van der Waals surface area contributed by atoms with Crippen LogP contribution in [0.15, 0.2) is 44.7 Å². The lowest BCUT2D eigenvalue weighted by Crippen LogP contribution is -2.12. The van der Waals surface area contributed by atoms with Crippen molar-refractivity contribution < 1.29 is 12.9 Å². The minimum absolute atomic E-state index is 0.0845. The Morgan fingerprint density at radius 3 is 2.68 bits per heavy atom. The normalized spacial score (nSPS) is 10.8. The third kappa shape index (κ3) is 2.87. The van der Waals surface area contributed by atoms with Crippen molar-refractivity contribution in [2.45, 2.75) is 11.8 Å². The highest BCUT2D eigenvalue weighted by Crippen LogP contribution is 2.30. The first kappa shape index (κ1) is 13.4. The molecule has 1 heterocycles. The van der Waals surface area contributed by atoms with Crippen LogP contribution in [0.2, 0.25) is 0 Å². The summed E-state index contributed by atoms with van der Waals surface area (Å²) in [6.07, 6.45) is 0. The van der Waals surface area contributed by atoms with Gasteiger partial charge in [-0.15, -0.1) is 0 Å². The summed E-state index contributed by atoms with van der Waals surface area (Å²) >= 11 is 4.49. The Morgan fingerprint density at radius 1 is 1.37 bits per heavy atom. The van der Waals surface area contributed by atoms with Gasteiger partial charge < -0.3 is 4.52 Å². The second-order valence-corrected chi connectivity index (χ2v) is 5.43. The minimum atomic E-state index is -3.75. The third-order valence-corrected chi connectivity index (χ3v) is 3.71. The van der Waals surface area contributed by atoms with Crippen molar-refractivity contribution >= 4 is 39.0 Å². The van der Waals surface area contributed by atoms with Crippen LogP contribution in [0.3, 0.4) is 0 Å². The summed E-state index contributed by atoms with van der Waals surface area (Å²) in [5, 5.41) is 5.78. The van der Waals surface area contributed by atoms with Crippen LogP contribution in [-0.4, -0.2) is 18.7 Å². The minimum Gasteiger partial charge on any atom is -0.335 e. The Hall–Kier alpha value is -2.02. The first-order chi connectivity index (χ1) is 9.04.